The molecule has 0 saturated carbocycles. The van der Waals surface area contributed by atoms with Crippen LogP contribution < -0.4 is 4.74 Å². The number of benzene rings is 2. The largest absolute Gasteiger partial charge is 0.488 e. The molecule has 2 aromatic carbocycles. The monoisotopic (exact) mass is 553 g/mol. The molecule has 4 heterocycles. The van der Waals surface area contributed by atoms with Crippen LogP contribution in [0.4, 0.5) is 4.39 Å². The molecule has 1 N–H and O–H groups in total. The number of amides is 1. The maximum absolute atomic E-state index is 14.6. The molecule has 0 radical (unpaired) electrons. The van der Waals surface area contributed by atoms with Gasteiger partial charge in [0, 0.05) is 90.3 Å². The van der Waals surface area contributed by atoms with E-state index in [-0.39, 0.29) is 18.3 Å². The molecule has 0 bridgehead atoms. The van der Waals surface area contributed by atoms with E-state index in [4.69, 9.17) is 14.0 Å². The first-order valence-corrected chi connectivity index (χ1v) is 14.2. The summed E-state index contributed by atoms with van der Waals surface area (Å²) in [5, 5.41) is 11.9. The van der Waals surface area contributed by atoms with Crippen molar-refractivity contribution in [2.24, 2.45) is 0 Å². The topological polar surface area (TPSA) is 114 Å². The Balaban J connectivity index is 1.12. The summed E-state index contributed by atoms with van der Waals surface area (Å²) in [6.07, 6.45) is 0. The van der Waals surface area contributed by atoms with E-state index in [9.17, 15) is 13.4 Å². The van der Waals surface area contributed by atoms with Crippen LogP contribution in [-0.4, -0.2) is 99.3 Å². The number of aromatic nitrogens is 3. The highest BCUT2D eigenvalue weighted by molar-refractivity contribution is 7.85. The van der Waals surface area contributed by atoms with Crippen LogP contribution in [0.15, 0.2) is 47.0 Å². The third-order valence-electron chi connectivity index (χ3n) is 7.21. The van der Waals surface area contributed by atoms with Crippen LogP contribution in [0, 0.1) is 5.82 Å². The number of ether oxygens (including phenoxy) is 2. The van der Waals surface area contributed by atoms with E-state index >= 15 is 0 Å². The van der Waals surface area contributed by atoms with Crippen molar-refractivity contribution in [1.82, 2.24) is 25.2 Å². The Labute approximate surface area is 226 Å². The van der Waals surface area contributed by atoms with Crippen molar-refractivity contribution < 1.29 is 27.4 Å². The summed E-state index contributed by atoms with van der Waals surface area (Å²) in [6.45, 7) is 3.64. The summed E-state index contributed by atoms with van der Waals surface area (Å²) in [4.78, 5) is 17.1. The highest BCUT2D eigenvalue weighted by atomic mass is 32.2. The van der Waals surface area contributed by atoms with Gasteiger partial charge in [-0.05, 0) is 18.2 Å². The molecule has 0 atom stereocenters. The SMILES string of the molecule is COCCOc1cc2[nH]nc(-c3cc(-c4ccc(C(=O)N5CC(N6CCS(=O)CC6)C5)cc4)no3)c2cc1F. The van der Waals surface area contributed by atoms with Crippen molar-refractivity contribution in [3.8, 4) is 28.5 Å². The van der Waals surface area contributed by atoms with Gasteiger partial charge in [0.25, 0.3) is 5.91 Å². The number of rotatable bonds is 8. The van der Waals surface area contributed by atoms with Gasteiger partial charge < -0.3 is 18.9 Å². The molecule has 1 amide bonds. The number of aromatic amines is 1. The van der Waals surface area contributed by atoms with Crippen LogP contribution in [0.25, 0.3) is 33.6 Å². The van der Waals surface area contributed by atoms with E-state index in [0.717, 1.165) is 18.7 Å². The molecule has 4 aromatic rings. The minimum atomic E-state index is -0.700. The number of nitrogens with zero attached hydrogens (tertiary/aromatic N) is 4. The lowest BCUT2D eigenvalue weighted by molar-refractivity contribution is 0.0292. The van der Waals surface area contributed by atoms with Gasteiger partial charge in [-0.1, -0.05) is 17.3 Å². The number of carbonyl (C=O) groups excluding carboxylic acids is 1. The molecule has 0 aliphatic carbocycles. The molecule has 2 fully saturated rings. The standard InChI is InChI=1S/C27H28FN5O5S/c1-36-8-9-37-24-14-23-20(12-21(24)28)26(30-29-23)25-13-22(31-38-25)17-2-4-18(5-3-17)27(34)33-15-19(16-33)32-6-10-39(35)11-7-32/h2-5,12-14,19H,6-11,15-16H2,1H3,(H,29,30). The number of carbonyl (C=O) groups is 1. The van der Waals surface area contributed by atoms with Crippen molar-refractivity contribution >= 4 is 27.6 Å². The van der Waals surface area contributed by atoms with E-state index in [0.29, 0.717) is 70.9 Å². The molecule has 204 valence electrons. The van der Waals surface area contributed by atoms with Crippen LogP contribution in [0.5, 0.6) is 5.75 Å². The Morgan fingerprint density at radius 2 is 1.92 bits per heavy atom. The quantitative estimate of drug-likeness (QED) is 0.332. The highest BCUT2D eigenvalue weighted by Gasteiger charge is 2.36. The highest BCUT2D eigenvalue weighted by Crippen LogP contribution is 2.33. The van der Waals surface area contributed by atoms with E-state index < -0.39 is 16.6 Å². The number of fused-ring (bicyclic) bond motifs is 1. The second kappa shape index (κ2) is 10.9. The third-order valence-corrected chi connectivity index (χ3v) is 8.49. The molecule has 12 heteroatoms. The molecule has 6 rings (SSSR count). The summed E-state index contributed by atoms with van der Waals surface area (Å²) >= 11 is 0. The molecule has 0 unspecified atom stereocenters. The van der Waals surface area contributed by atoms with Gasteiger partial charge in [0.05, 0.1) is 12.1 Å². The van der Waals surface area contributed by atoms with Crippen LogP contribution in [0.3, 0.4) is 0 Å². The summed E-state index contributed by atoms with van der Waals surface area (Å²) < 4.78 is 42.1. The Morgan fingerprint density at radius 1 is 1.15 bits per heavy atom. The summed E-state index contributed by atoms with van der Waals surface area (Å²) in [7, 11) is 0.850. The Kier molecular flexibility index (Phi) is 7.15. The van der Waals surface area contributed by atoms with Crippen LogP contribution in [0.2, 0.25) is 0 Å². The predicted octanol–water partition coefficient (Wildman–Crippen LogP) is 2.94. The normalized spacial score (nSPS) is 17.0. The maximum atomic E-state index is 14.6. The second-order valence-electron chi connectivity index (χ2n) is 9.64. The van der Waals surface area contributed by atoms with E-state index in [1.807, 2.05) is 17.0 Å². The first-order valence-electron chi connectivity index (χ1n) is 12.8. The van der Waals surface area contributed by atoms with Gasteiger partial charge in [0.1, 0.15) is 18.0 Å². The fourth-order valence-corrected chi connectivity index (χ4v) is 5.99. The summed E-state index contributed by atoms with van der Waals surface area (Å²) in [5.74, 6) is 1.41. The van der Waals surface area contributed by atoms with E-state index in [1.165, 1.54) is 6.07 Å². The first-order chi connectivity index (χ1) is 19.0. The number of nitrogens with one attached hydrogen (secondary N) is 1. The second-order valence-corrected chi connectivity index (χ2v) is 11.3. The van der Waals surface area contributed by atoms with Gasteiger partial charge in [0.15, 0.2) is 17.3 Å². The Bertz CT molecular complexity index is 1500. The number of methoxy groups -OCH3 is 1. The molecular formula is C27H28FN5O5S. The molecule has 39 heavy (non-hydrogen) atoms. The van der Waals surface area contributed by atoms with E-state index in [1.54, 1.807) is 31.4 Å². The van der Waals surface area contributed by atoms with Gasteiger partial charge >= 0.3 is 0 Å². The van der Waals surface area contributed by atoms with Gasteiger partial charge in [-0.2, -0.15) is 5.10 Å². The fourth-order valence-electron chi connectivity index (χ4n) is 4.91. The third kappa shape index (κ3) is 5.19. The summed E-state index contributed by atoms with van der Waals surface area (Å²) in [5.41, 5.74) is 3.00. The van der Waals surface area contributed by atoms with Crippen LogP contribution in [0.1, 0.15) is 10.4 Å². The molecular weight excluding hydrogens is 525 g/mol. The zero-order valence-corrected chi connectivity index (χ0v) is 22.2. The molecule has 0 spiro atoms. The minimum Gasteiger partial charge on any atom is -0.488 e. The lowest BCUT2D eigenvalue weighted by atomic mass is 10.0. The molecule has 2 saturated heterocycles. The fraction of sp³-hybridized carbons (Fsp3) is 0.370. The number of halogens is 1. The number of likely N-dealkylation sites (tertiary alicyclic amines) is 1. The van der Waals surface area contributed by atoms with Gasteiger partial charge in [0.2, 0.25) is 0 Å². The zero-order valence-electron chi connectivity index (χ0n) is 21.4. The lowest BCUT2D eigenvalue weighted by Crippen LogP contribution is -2.62. The zero-order chi connectivity index (χ0) is 26.9. The Hall–Kier alpha value is -3.61. The number of hydrogen-bond acceptors (Lipinski definition) is 8. The Morgan fingerprint density at radius 3 is 2.67 bits per heavy atom. The molecule has 10 nitrogen and oxygen atoms in total. The van der Waals surface area contributed by atoms with Gasteiger partial charge in [-0.25, -0.2) is 4.39 Å². The van der Waals surface area contributed by atoms with E-state index in [2.05, 4.69) is 20.3 Å². The first kappa shape index (κ1) is 25.7. The number of H-pyrrole nitrogens is 1. The van der Waals surface area contributed by atoms with Gasteiger partial charge in [-0.3, -0.25) is 19.0 Å². The van der Waals surface area contributed by atoms with Gasteiger partial charge in [-0.15, -0.1) is 0 Å². The summed E-state index contributed by atoms with van der Waals surface area (Å²) in [6, 6.07) is 12.2. The van der Waals surface area contributed by atoms with Crippen LogP contribution >= 0.6 is 0 Å². The maximum Gasteiger partial charge on any atom is 0.253 e. The van der Waals surface area contributed by atoms with Crippen molar-refractivity contribution in [1.29, 1.82) is 0 Å². The van der Waals surface area contributed by atoms with Crippen molar-refractivity contribution in [3.05, 3.63) is 53.8 Å². The number of hydrogen-bond donors (Lipinski definition) is 1. The molecule has 2 aliphatic rings. The van der Waals surface area contributed by atoms with Crippen molar-refractivity contribution in [2.75, 3.05) is 58.0 Å². The van der Waals surface area contributed by atoms with Crippen molar-refractivity contribution in [2.45, 2.75) is 6.04 Å². The molecule has 2 aliphatic heterocycles. The van der Waals surface area contributed by atoms with Crippen molar-refractivity contribution in [3.63, 3.8) is 0 Å². The lowest BCUT2D eigenvalue weighted by Gasteiger charge is -2.46. The average Bonchev–Trinajstić information content (AvgIpc) is 3.56. The van der Waals surface area contributed by atoms with Crippen LogP contribution in [-0.2, 0) is 15.5 Å². The smallest absolute Gasteiger partial charge is 0.253 e. The minimum absolute atomic E-state index is 0.00480. The average molecular weight is 554 g/mol. The molecule has 2 aromatic heterocycles. The predicted molar refractivity (Wildman–Crippen MR) is 143 cm³/mol.